The van der Waals surface area contributed by atoms with Crippen LogP contribution < -0.4 is 5.32 Å². The van der Waals surface area contributed by atoms with Gasteiger partial charge in [-0.15, -0.1) is 0 Å². The molecule has 1 amide bonds. The van der Waals surface area contributed by atoms with Gasteiger partial charge in [0.05, 0.1) is 6.54 Å². The minimum atomic E-state index is -0.443. The fraction of sp³-hybridized carbons (Fsp3) is 0.462. The highest BCUT2D eigenvalue weighted by molar-refractivity contribution is 5.94. The number of ether oxygens (including phenoxy) is 2. The molecule has 2 N–H and O–H groups in total. The van der Waals surface area contributed by atoms with Gasteiger partial charge in [-0.05, 0) is 32.0 Å². The van der Waals surface area contributed by atoms with Crippen LogP contribution in [0.15, 0.2) is 24.3 Å². The van der Waals surface area contributed by atoms with Gasteiger partial charge in [-0.1, -0.05) is 6.07 Å². The second kappa shape index (κ2) is 7.68. The molecule has 1 aromatic carbocycles. The molecule has 0 saturated carbocycles. The van der Waals surface area contributed by atoms with E-state index in [2.05, 4.69) is 5.32 Å². The predicted octanol–water partition coefficient (Wildman–Crippen LogP) is 1.52. The van der Waals surface area contributed by atoms with Crippen LogP contribution >= 0.6 is 0 Å². The summed E-state index contributed by atoms with van der Waals surface area (Å²) < 4.78 is 10.6. The zero-order valence-electron chi connectivity index (χ0n) is 10.7. The lowest BCUT2D eigenvalue weighted by Crippen LogP contribution is -2.35. The third-order valence-electron chi connectivity index (χ3n) is 2.24. The van der Waals surface area contributed by atoms with Crippen molar-refractivity contribution in [3.8, 4) is 5.75 Å². The molecule has 0 bridgehead atoms. The summed E-state index contributed by atoms with van der Waals surface area (Å²) in [7, 11) is 0. The van der Waals surface area contributed by atoms with Crippen LogP contribution in [0, 0.1) is 0 Å². The maximum Gasteiger partial charge on any atom is 0.251 e. The van der Waals surface area contributed by atoms with Crippen molar-refractivity contribution in [3.05, 3.63) is 29.8 Å². The Labute approximate surface area is 107 Å². The normalized spacial score (nSPS) is 10.6. The number of amides is 1. The number of carbonyl (C=O) groups is 1. The van der Waals surface area contributed by atoms with E-state index >= 15 is 0 Å². The largest absolute Gasteiger partial charge is 0.508 e. The lowest BCUT2D eigenvalue weighted by atomic mass is 10.2. The molecule has 18 heavy (non-hydrogen) atoms. The molecule has 1 aromatic rings. The van der Waals surface area contributed by atoms with Crippen molar-refractivity contribution >= 4 is 5.91 Å². The van der Waals surface area contributed by atoms with Gasteiger partial charge in [0, 0.05) is 18.8 Å². The summed E-state index contributed by atoms with van der Waals surface area (Å²) in [6.07, 6.45) is -0.443. The number of phenols is 1. The van der Waals surface area contributed by atoms with Gasteiger partial charge in [0.2, 0.25) is 0 Å². The minimum absolute atomic E-state index is 0.0637. The summed E-state index contributed by atoms with van der Waals surface area (Å²) in [6.45, 7) is 5.04. The molecular formula is C13H19NO4. The molecule has 0 aromatic heterocycles. The Bertz CT molecular complexity index is 375. The van der Waals surface area contributed by atoms with E-state index in [1.54, 1.807) is 12.1 Å². The number of hydrogen-bond donors (Lipinski definition) is 2. The summed E-state index contributed by atoms with van der Waals surface area (Å²) in [6, 6.07) is 6.17. The first-order valence-electron chi connectivity index (χ1n) is 5.97. The van der Waals surface area contributed by atoms with Crippen molar-refractivity contribution in [1.82, 2.24) is 5.32 Å². The summed E-state index contributed by atoms with van der Waals surface area (Å²) in [4.78, 5) is 11.8. The number of rotatable bonds is 7. The maximum absolute atomic E-state index is 11.8. The van der Waals surface area contributed by atoms with Gasteiger partial charge in [-0.2, -0.15) is 0 Å². The van der Waals surface area contributed by atoms with Crippen LogP contribution in [0.1, 0.15) is 24.2 Å². The van der Waals surface area contributed by atoms with Crippen LogP contribution in [0.3, 0.4) is 0 Å². The smallest absolute Gasteiger partial charge is 0.251 e. The van der Waals surface area contributed by atoms with Crippen molar-refractivity contribution in [1.29, 1.82) is 0 Å². The third kappa shape index (κ3) is 4.73. The molecule has 0 heterocycles. The first-order valence-corrected chi connectivity index (χ1v) is 5.97. The Morgan fingerprint density at radius 2 is 2.00 bits per heavy atom. The van der Waals surface area contributed by atoms with Crippen molar-refractivity contribution < 1.29 is 19.4 Å². The Hall–Kier alpha value is -1.59. The van der Waals surface area contributed by atoms with Gasteiger partial charge in [0.1, 0.15) is 5.75 Å². The van der Waals surface area contributed by atoms with Crippen LogP contribution in [0.2, 0.25) is 0 Å². The van der Waals surface area contributed by atoms with Crippen molar-refractivity contribution in [2.45, 2.75) is 20.1 Å². The van der Waals surface area contributed by atoms with E-state index in [1.807, 2.05) is 13.8 Å². The van der Waals surface area contributed by atoms with E-state index in [0.717, 1.165) is 0 Å². The van der Waals surface area contributed by atoms with Crippen molar-refractivity contribution in [2.24, 2.45) is 0 Å². The topological polar surface area (TPSA) is 67.8 Å². The standard InChI is InChI=1S/C13H19NO4/c1-3-17-12(18-4-2)9-14-13(16)10-6-5-7-11(15)8-10/h5-8,12,15H,3-4,9H2,1-2H3,(H,14,16). The van der Waals surface area contributed by atoms with E-state index in [4.69, 9.17) is 9.47 Å². The lowest BCUT2D eigenvalue weighted by Gasteiger charge is -2.17. The molecule has 5 nitrogen and oxygen atoms in total. The predicted molar refractivity (Wildman–Crippen MR) is 67.5 cm³/mol. The zero-order chi connectivity index (χ0) is 13.4. The van der Waals surface area contributed by atoms with Crippen molar-refractivity contribution in [2.75, 3.05) is 19.8 Å². The number of phenolic OH excluding ortho intramolecular Hbond substituents is 1. The van der Waals surface area contributed by atoms with E-state index in [1.165, 1.54) is 12.1 Å². The Balaban J connectivity index is 2.49. The lowest BCUT2D eigenvalue weighted by molar-refractivity contribution is -0.131. The average molecular weight is 253 g/mol. The molecule has 0 unspecified atom stereocenters. The van der Waals surface area contributed by atoms with Gasteiger partial charge in [0.25, 0.3) is 5.91 Å². The molecule has 0 fully saturated rings. The van der Waals surface area contributed by atoms with Gasteiger partial charge >= 0.3 is 0 Å². The van der Waals surface area contributed by atoms with Crippen LogP contribution in [0.4, 0.5) is 0 Å². The Kier molecular flexibility index (Phi) is 6.18. The third-order valence-corrected chi connectivity index (χ3v) is 2.24. The molecule has 0 radical (unpaired) electrons. The molecule has 0 atom stereocenters. The summed E-state index contributed by atoms with van der Waals surface area (Å²) in [5, 5.41) is 12.0. The monoisotopic (exact) mass is 253 g/mol. The van der Waals surface area contributed by atoms with Gasteiger partial charge < -0.3 is 19.9 Å². The maximum atomic E-state index is 11.8. The molecule has 0 aliphatic carbocycles. The quantitative estimate of drug-likeness (QED) is 0.723. The summed E-state index contributed by atoms with van der Waals surface area (Å²) in [5.74, 6) is -0.205. The highest BCUT2D eigenvalue weighted by Crippen LogP contribution is 2.10. The van der Waals surface area contributed by atoms with Gasteiger partial charge in [-0.25, -0.2) is 0 Å². The number of aromatic hydroxyl groups is 1. The highest BCUT2D eigenvalue weighted by Gasteiger charge is 2.11. The second-order valence-electron chi connectivity index (χ2n) is 3.60. The molecule has 1 rings (SSSR count). The minimum Gasteiger partial charge on any atom is -0.508 e. The molecule has 0 aliphatic rings. The second-order valence-corrected chi connectivity index (χ2v) is 3.60. The molecule has 100 valence electrons. The number of hydrogen-bond acceptors (Lipinski definition) is 4. The Morgan fingerprint density at radius 3 is 2.56 bits per heavy atom. The first kappa shape index (κ1) is 14.5. The first-order chi connectivity index (χ1) is 8.67. The van der Waals surface area contributed by atoms with Crippen LogP contribution in [-0.2, 0) is 9.47 Å². The molecule has 0 saturated heterocycles. The number of carbonyl (C=O) groups excluding carboxylic acids is 1. The summed E-state index contributed by atoms with van der Waals surface area (Å²) in [5.41, 5.74) is 0.404. The van der Waals surface area contributed by atoms with Crippen LogP contribution in [-0.4, -0.2) is 37.1 Å². The fourth-order valence-electron chi connectivity index (χ4n) is 1.46. The van der Waals surface area contributed by atoms with Crippen molar-refractivity contribution in [3.63, 3.8) is 0 Å². The zero-order valence-corrected chi connectivity index (χ0v) is 10.7. The number of nitrogens with one attached hydrogen (secondary N) is 1. The van der Waals surface area contributed by atoms with E-state index in [9.17, 15) is 9.90 Å². The van der Waals surface area contributed by atoms with E-state index in [0.29, 0.717) is 18.8 Å². The van der Waals surface area contributed by atoms with Crippen LogP contribution in [0.5, 0.6) is 5.75 Å². The summed E-state index contributed by atoms with van der Waals surface area (Å²) >= 11 is 0. The van der Waals surface area contributed by atoms with Gasteiger partial charge in [-0.3, -0.25) is 4.79 Å². The number of benzene rings is 1. The van der Waals surface area contributed by atoms with Crippen LogP contribution in [0.25, 0.3) is 0 Å². The molecular weight excluding hydrogens is 234 g/mol. The molecule has 0 spiro atoms. The fourth-order valence-corrected chi connectivity index (χ4v) is 1.46. The van der Waals surface area contributed by atoms with E-state index < -0.39 is 6.29 Å². The molecule has 5 heteroatoms. The van der Waals surface area contributed by atoms with E-state index in [-0.39, 0.29) is 18.2 Å². The average Bonchev–Trinajstić information content (AvgIpc) is 2.36. The highest BCUT2D eigenvalue weighted by atomic mass is 16.7. The van der Waals surface area contributed by atoms with Gasteiger partial charge in [0.15, 0.2) is 6.29 Å². The Morgan fingerprint density at radius 1 is 1.33 bits per heavy atom. The molecule has 0 aliphatic heterocycles. The SMILES string of the molecule is CCOC(CNC(=O)c1cccc(O)c1)OCC.